The van der Waals surface area contributed by atoms with Crippen molar-refractivity contribution in [3.8, 4) is 11.5 Å². The Kier molecular flexibility index (Phi) is 7.63. The molecule has 0 saturated carbocycles. The molecule has 1 saturated heterocycles. The second-order valence-corrected chi connectivity index (χ2v) is 7.70. The molecule has 7 nitrogen and oxygen atoms in total. The lowest BCUT2D eigenvalue weighted by atomic mass is 10.1. The molecule has 0 aromatic heterocycles. The van der Waals surface area contributed by atoms with Crippen LogP contribution < -0.4 is 20.1 Å². The third kappa shape index (κ3) is 6.35. The van der Waals surface area contributed by atoms with Crippen LogP contribution in [0.5, 0.6) is 11.5 Å². The molecule has 2 aromatic rings. The highest BCUT2D eigenvalue weighted by Crippen LogP contribution is 2.32. The van der Waals surface area contributed by atoms with Gasteiger partial charge in [0.2, 0.25) is 0 Å². The molecular formula is C24H31N3O4. The van der Waals surface area contributed by atoms with E-state index in [0.29, 0.717) is 38.4 Å². The minimum atomic E-state index is 0.314. The van der Waals surface area contributed by atoms with Crippen molar-refractivity contribution < 1.29 is 18.9 Å². The summed E-state index contributed by atoms with van der Waals surface area (Å²) in [5, 5.41) is 6.66. The minimum Gasteiger partial charge on any atom is -0.490 e. The maximum absolute atomic E-state index is 5.99. The highest BCUT2D eigenvalue weighted by Gasteiger charge is 2.14. The highest BCUT2D eigenvalue weighted by atomic mass is 16.5. The van der Waals surface area contributed by atoms with E-state index < -0.39 is 0 Å². The van der Waals surface area contributed by atoms with Gasteiger partial charge in [-0.3, -0.25) is 4.99 Å². The molecule has 2 aliphatic heterocycles. The van der Waals surface area contributed by atoms with Crippen LogP contribution in [0, 0.1) is 0 Å². The summed E-state index contributed by atoms with van der Waals surface area (Å²) in [7, 11) is 1.76. The van der Waals surface area contributed by atoms with Gasteiger partial charge in [-0.2, -0.15) is 0 Å². The molecule has 0 unspecified atom stereocenters. The zero-order chi connectivity index (χ0) is 21.3. The Labute approximate surface area is 183 Å². The van der Waals surface area contributed by atoms with Gasteiger partial charge in [-0.05, 0) is 36.1 Å². The fraction of sp³-hybridized carbons (Fsp3) is 0.458. The van der Waals surface area contributed by atoms with E-state index in [-0.39, 0.29) is 0 Å². The van der Waals surface area contributed by atoms with Crippen LogP contribution in [0.15, 0.2) is 47.5 Å². The zero-order valence-electron chi connectivity index (χ0n) is 18.1. The first-order valence-corrected chi connectivity index (χ1v) is 10.9. The van der Waals surface area contributed by atoms with Crippen molar-refractivity contribution in [2.24, 2.45) is 4.99 Å². The predicted octanol–water partition coefficient (Wildman–Crippen LogP) is 3.73. The molecule has 1 fully saturated rings. The van der Waals surface area contributed by atoms with Crippen LogP contribution >= 0.6 is 0 Å². The molecule has 0 bridgehead atoms. The molecule has 2 aliphatic rings. The molecule has 0 amide bonds. The van der Waals surface area contributed by atoms with Crippen molar-refractivity contribution in [3.63, 3.8) is 0 Å². The van der Waals surface area contributed by atoms with E-state index in [9.17, 15) is 0 Å². The Bertz CT molecular complexity index is 864. The summed E-state index contributed by atoms with van der Waals surface area (Å²) in [6.45, 7) is 4.27. The lowest BCUT2D eigenvalue weighted by Gasteiger charge is -2.22. The zero-order valence-corrected chi connectivity index (χ0v) is 18.1. The number of nitrogens with one attached hydrogen (secondary N) is 2. The number of fused-ring (bicyclic) bond motifs is 1. The van der Waals surface area contributed by atoms with Gasteiger partial charge in [0, 0.05) is 45.0 Å². The van der Waals surface area contributed by atoms with E-state index in [1.165, 1.54) is 11.1 Å². The fourth-order valence-electron chi connectivity index (χ4n) is 3.55. The summed E-state index contributed by atoms with van der Waals surface area (Å²) in [6.07, 6.45) is 3.17. The Balaban J connectivity index is 1.26. The number of rotatable bonds is 6. The summed E-state index contributed by atoms with van der Waals surface area (Å²) < 4.78 is 22.8. The van der Waals surface area contributed by atoms with Gasteiger partial charge < -0.3 is 29.6 Å². The van der Waals surface area contributed by atoms with Crippen LogP contribution in [0.4, 0.5) is 5.69 Å². The number of nitrogens with zero attached hydrogens (tertiary/aromatic N) is 1. The Morgan fingerprint density at radius 3 is 2.48 bits per heavy atom. The molecule has 0 atom stereocenters. The van der Waals surface area contributed by atoms with Crippen molar-refractivity contribution in [2.45, 2.75) is 38.5 Å². The number of guanidine groups is 1. The summed E-state index contributed by atoms with van der Waals surface area (Å²) >= 11 is 0. The van der Waals surface area contributed by atoms with Gasteiger partial charge in [-0.1, -0.05) is 24.3 Å². The molecule has 2 heterocycles. The first kappa shape index (κ1) is 21.5. The van der Waals surface area contributed by atoms with Crippen molar-refractivity contribution in [1.82, 2.24) is 5.32 Å². The summed E-state index contributed by atoms with van der Waals surface area (Å²) in [6, 6.07) is 14.3. The fourth-order valence-corrected chi connectivity index (χ4v) is 3.55. The molecular weight excluding hydrogens is 394 g/mol. The van der Waals surface area contributed by atoms with Gasteiger partial charge in [0.1, 0.15) is 0 Å². The van der Waals surface area contributed by atoms with Crippen LogP contribution in [0.1, 0.15) is 30.4 Å². The largest absolute Gasteiger partial charge is 0.490 e. The SMILES string of the molecule is CN=C(NCc1ccc(COC2CCOCC2)cc1)Nc1ccc2c(c1)OCCCO2. The summed E-state index contributed by atoms with van der Waals surface area (Å²) in [4.78, 5) is 4.32. The Hall–Kier alpha value is -2.77. The number of hydrogen-bond donors (Lipinski definition) is 2. The molecule has 166 valence electrons. The van der Waals surface area contributed by atoms with Gasteiger partial charge in [0.25, 0.3) is 0 Å². The first-order valence-electron chi connectivity index (χ1n) is 10.9. The molecule has 2 N–H and O–H groups in total. The number of benzene rings is 2. The van der Waals surface area contributed by atoms with E-state index >= 15 is 0 Å². The van der Waals surface area contributed by atoms with E-state index in [4.69, 9.17) is 18.9 Å². The van der Waals surface area contributed by atoms with Crippen molar-refractivity contribution >= 4 is 11.6 Å². The number of anilines is 1. The second-order valence-electron chi connectivity index (χ2n) is 7.70. The quantitative estimate of drug-likeness (QED) is 0.543. The van der Waals surface area contributed by atoms with Gasteiger partial charge in [0.05, 0.1) is 25.9 Å². The molecule has 0 radical (unpaired) electrons. The van der Waals surface area contributed by atoms with Crippen molar-refractivity contribution in [2.75, 3.05) is 38.8 Å². The Morgan fingerprint density at radius 1 is 0.968 bits per heavy atom. The normalized spacial score (nSPS) is 17.1. The molecule has 2 aromatic carbocycles. The monoisotopic (exact) mass is 425 g/mol. The van der Waals surface area contributed by atoms with E-state index in [2.05, 4.69) is 39.9 Å². The average Bonchev–Trinajstić information content (AvgIpc) is 3.07. The Morgan fingerprint density at radius 2 is 1.71 bits per heavy atom. The number of hydrogen-bond acceptors (Lipinski definition) is 5. The van der Waals surface area contributed by atoms with Gasteiger partial charge in [-0.25, -0.2) is 0 Å². The molecule has 0 spiro atoms. The predicted molar refractivity (Wildman–Crippen MR) is 121 cm³/mol. The lowest BCUT2D eigenvalue weighted by molar-refractivity contribution is -0.0390. The van der Waals surface area contributed by atoms with Gasteiger partial charge >= 0.3 is 0 Å². The van der Waals surface area contributed by atoms with Crippen molar-refractivity contribution in [3.05, 3.63) is 53.6 Å². The van der Waals surface area contributed by atoms with E-state index in [1.54, 1.807) is 7.05 Å². The third-order valence-corrected chi connectivity index (χ3v) is 5.37. The number of ether oxygens (including phenoxy) is 4. The van der Waals surface area contributed by atoms with E-state index in [1.807, 2.05) is 18.2 Å². The average molecular weight is 426 g/mol. The second kappa shape index (κ2) is 11.0. The van der Waals surface area contributed by atoms with Crippen LogP contribution in [-0.4, -0.2) is 45.5 Å². The summed E-state index contributed by atoms with van der Waals surface area (Å²) in [5.41, 5.74) is 3.26. The van der Waals surface area contributed by atoms with Crippen molar-refractivity contribution in [1.29, 1.82) is 0 Å². The lowest BCUT2D eigenvalue weighted by Crippen LogP contribution is -2.30. The van der Waals surface area contributed by atoms with Crippen LogP contribution in [0.2, 0.25) is 0 Å². The smallest absolute Gasteiger partial charge is 0.195 e. The first-order chi connectivity index (χ1) is 15.3. The van der Waals surface area contributed by atoms with Gasteiger partial charge in [-0.15, -0.1) is 0 Å². The summed E-state index contributed by atoms with van der Waals surface area (Å²) in [5.74, 6) is 2.24. The van der Waals surface area contributed by atoms with Crippen LogP contribution in [0.3, 0.4) is 0 Å². The molecule has 31 heavy (non-hydrogen) atoms. The molecule has 0 aliphatic carbocycles. The van der Waals surface area contributed by atoms with E-state index in [0.717, 1.165) is 49.7 Å². The molecule has 4 rings (SSSR count). The van der Waals surface area contributed by atoms with Gasteiger partial charge in [0.15, 0.2) is 17.5 Å². The topological polar surface area (TPSA) is 73.3 Å². The number of aliphatic imine (C=N–C) groups is 1. The highest BCUT2D eigenvalue weighted by molar-refractivity contribution is 5.93. The standard InChI is InChI=1S/C24H31N3O4/c1-25-24(27-20-7-8-22-23(15-20)30-12-2-11-29-22)26-16-18-3-5-19(6-4-18)17-31-21-9-13-28-14-10-21/h3-8,15,21H,2,9-14,16-17H2,1H3,(H2,25,26,27). The molecule has 7 heteroatoms. The maximum Gasteiger partial charge on any atom is 0.195 e. The minimum absolute atomic E-state index is 0.314. The third-order valence-electron chi connectivity index (χ3n) is 5.37. The van der Waals surface area contributed by atoms with Crippen LogP contribution in [0.25, 0.3) is 0 Å². The maximum atomic E-state index is 5.99. The van der Waals surface area contributed by atoms with Crippen LogP contribution in [-0.2, 0) is 22.6 Å².